The smallest absolute Gasteiger partial charge is 0.241 e. The predicted molar refractivity (Wildman–Crippen MR) is 143 cm³/mol. The van der Waals surface area contributed by atoms with Crippen LogP contribution in [0.1, 0.15) is 36.0 Å². The van der Waals surface area contributed by atoms with E-state index in [1.54, 1.807) is 41.3 Å². The first-order valence-electron chi connectivity index (χ1n) is 12.6. The number of nitriles is 1. The molecule has 2 N–H and O–H groups in total. The highest BCUT2D eigenvalue weighted by molar-refractivity contribution is 5.83. The van der Waals surface area contributed by atoms with E-state index in [2.05, 4.69) is 16.7 Å². The number of carbonyl (C=O) groups excluding carboxylic acids is 2. The summed E-state index contributed by atoms with van der Waals surface area (Å²) >= 11 is 0. The van der Waals surface area contributed by atoms with Crippen molar-refractivity contribution in [1.82, 2.24) is 15.5 Å². The lowest BCUT2D eigenvalue weighted by Crippen LogP contribution is -2.51. The van der Waals surface area contributed by atoms with Crippen molar-refractivity contribution in [3.63, 3.8) is 0 Å². The summed E-state index contributed by atoms with van der Waals surface area (Å²) in [5.41, 5.74) is 3.13. The Kier molecular flexibility index (Phi) is 8.72. The number of nitrogens with zero attached hydrogens (tertiary/aromatic N) is 2. The molecule has 38 heavy (non-hydrogen) atoms. The van der Waals surface area contributed by atoms with Gasteiger partial charge >= 0.3 is 0 Å². The molecule has 0 spiro atoms. The molecule has 4 rings (SSSR count). The third kappa shape index (κ3) is 6.18. The Labute approximate surface area is 222 Å². The molecule has 1 heterocycles. The van der Waals surface area contributed by atoms with Crippen LogP contribution in [0.4, 0.5) is 4.39 Å². The summed E-state index contributed by atoms with van der Waals surface area (Å²) < 4.78 is 21.3. The summed E-state index contributed by atoms with van der Waals surface area (Å²) in [5, 5.41) is 15.2. The largest absolute Gasteiger partial charge is 0.496 e. The number of rotatable bonds is 8. The van der Waals surface area contributed by atoms with Gasteiger partial charge in [-0.2, -0.15) is 5.26 Å². The zero-order valence-corrected chi connectivity index (χ0v) is 21.5. The number of hydrogen-bond donors (Lipinski definition) is 2. The molecule has 3 aromatic rings. The van der Waals surface area contributed by atoms with E-state index in [0.717, 1.165) is 5.56 Å². The van der Waals surface area contributed by atoms with Crippen molar-refractivity contribution < 1.29 is 18.7 Å². The summed E-state index contributed by atoms with van der Waals surface area (Å²) in [5.74, 6) is -0.301. The van der Waals surface area contributed by atoms with E-state index in [1.807, 2.05) is 30.3 Å². The Balaban J connectivity index is 1.55. The van der Waals surface area contributed by atoms with Crippen molar-refractivity contribution in [3.8, 4) is 22.9 Å². The molecule has 1 fully saturated rings. The Morgan fingerprint density at radius 3 is 2.50 bits per heavy atom. The van der Waals surface area contributed by atoms with E-state index < -0.39 is 0 Å². The Morgan fingerprint density at radius 2 is 1.84 bits per heavy atom. The van der Waals surface area contributed by atoms with Crippen molar-refractivity contribution in [1.29, 1.82) is 5.26 Å². The van der Waals surface area contributed by atoms with Crippen LogP contribution in [0.15, 0.2) is 66.7 Å². The molecule has 2 atom stereocenters. The van der Waals surface area contributed by atoms with Crippen LogP contribution in [0, 0.1) is 17.1 Å². The maximum Gasteiger partial charge on any atom is 0.241 e. The number of amides is 2. The average molecular weight is 515 g/mol. The topological polar surface area (TPSA) is 94.5 Å². The fourth-order valence-corrected chi connectivity index (χ4v) is 4.91. The SMILES string of the molecule is COc1ccc(-c2ccc(C#N)cc2)c(F)c1CN[C@H]1CCN(C(=O)CNC(C)=O)C[C@H]1c1ccccc1. The third-order valence-corrected chi connectivity index (χ3v) is 6.97. The Bertz CT molecular complexity index is 1320. The number of methoxy groups -OCH3 is 1. The first-order valence-corrected chi connectivity index (χ1v) is 12.6. The van der Waals surface area contributed by atoms with Crippen molar-refractivity contribution >= 4 is 11.8 Å². The molecule has 1 aliphatic rings. The van der Waals surface area contributed by atoms with Crippen LogP contribution < -0.4 is 15.4 Å². The van der Waals surface area contributed by atoms with Crippen molar-refractivity contribution in [2.24, 2.45) is 0 Å². The Hall–Kier alpha value is -4.22. The number of benzene rings is 3. The maximum atomic E-state index is 15.8. The predicted octanol–water partition coefficient (Wildman–Crippen LogP) is 3.98. The lowest BCUT2D eigenvalue weighted by molar-refractivity contribution is -0.133. The molecule has 0 aromatic heterocycles. The minimum Gasteiger partial charge on any atom is -0.496 e. The highest BCUT2D eigenvalue weighted by Gasteiger charge is 2.32. The second-order valence-electron chi connectivity index (χ2n) is 9.34. The number of carbonyl (C=O) groups is 2. The summed E-state index contributed by atoms with van der Waals surface area (Å²) in [6.45, 7) is 2.63. The van der Waals surface area contributed by atoms with E-state index >= 15 is 4.39 Å². The second kappa shape index (κ2) is 12.3. The molecule has 0 radical (unpaired) electrons. The first-order chi connectivity index (χ1) is 18.4. The summed E-state index contributed by atoms with van der Waals surface area (Å²) in [6, 6.07) is 22.3. The van der Waals surface area contributed by atoms with E-state index in [0.29, 0.717) is 47.5 Å². The van der Waals surface area contributed by atoms with Gasteiger partial charge in [0.05, 0.1) is 25.3 Å². The van der Waals surface area contributed by atoms with Crippen molar-refractivity contribution in [2.45, 2.75) is 31.8 Å². The van der Waals surface area contributed by atoms with Crippen LogP contribution >= 0.6 is 0 Å². The number of halogens is 1. The lowest BCUT2D eigenvalue weighted by Gasteiger charge is -2.39. The average Bonchev–Trinajstić information content (AvgIpc) is 2.95. The first kappa shape index (κ1) is 26.8. The minimum absolute atomic E-state index is 0.00936. The molecule has 0 aliphatic carbocycles. The van der Waals surface area contributed by atoms with Crippen LogP contribution in [-0.4, -0.2) is 49.5 Å². The molecule has 7 nitrogen and oxygen atoms in total. The van der Waals surface area contributed by atoms with Gasteiger partial charge < -0.3 is 20.3 Å². The quantitative estimate of drug-likeness (QED) is 0.474. The molecule has 1 saturated heterocycles. The van der Waals surface area contributed by atoms with Gasteiger partial charge in [0, 0.05) is 49.6 Å². The molecule has 196 valence electrons. The maximum absolute atomic E-state index is 15.8. The highest BCUT2D eigenvalue weighted by Crippen LogP contribution is 2.33. The molecule has 0 saturated carbocycles. The normalized spacial score (nSPS) is 16.9. The van der Waals surface area contributed by atoms with Gasteiger partial charge in [-0.3, -0.25) is 9.59 Å². The number of likely N-dealkylation sites (tertiary alicyclic amines) is 1. The number of nitrogens with one attached hydrogen (secondary N) is 2. The summed E-state index contributed by atoms with van der Waals surface area (Å²) in [4.78, 5) is 25.8. The van der Waals surface area contributed by atoms with Gasteiger partial charge in [-0.05, 0) is 41.8 Å². The lowest BCUT2D eigenvalue weighted by atomic mass is 9.85. The molecular formula is C30H31FN4O3. The number of ether oxygens (including phenoxy) is 1. The van der Waals surface area contributed by atoms with E-state index in [1.165, 1.54) is 14.0 Å². The van der Waals surface area contributed by atoms with Crippen LogP contribution in [0.3, 0.4) is 0 Å². The van der Waals surface area contributed by atoms with Crippen LogP contribution in [0.5, 0.6) is 5.75 Å². The van der Waals surface area contributed by atoms with Crippen LogP contribution in [0.2, 0.25) is 0 Å². The zero-order chi connectivity index (χ0) is 27.1. The van der Waals surface area contributed by atoms with Gasteiger partial charge in [0.1, 0.15) is 11.6 Å². The molecule has 1 aliphatic heterocycles. The summed E-state index contributed by atoms with van der Waals surface area (Å²) in [6.07, 6.45) is 0.671. The van der Waals surface area contributed by atoms with Gasteiger partial charge in [-0.25, -0.2) is 4.39 Å². The van der Waals surface area contributed by atoms with Crippen molar-refractivity contribution in [3.05, 3.63) is 89.2 Å². The fraction of sp³-hybridized carbons (Fsp3) is 0.300. The van der Waals surface area contributed by atoms with Crippen molar-refractivity contribution in [2.75, 3.05) is 26.7 Å². The van der Waals surface area contributed by atoms with E-state index in [-0.39, 0.29) is 42.7 Å². The standard InChI is InChI=1S/C30H31FN4O3/c1-20(36)33-18-29(37)35-15-14-27(26(19-35)22-6-4-3-5-7-22)34-17-25-28(38-2)13-12-24(30(25)31)23-10-8-21(16-32)9-11-23/h3-13,26-27,34H,14-15,17-19H2,1-2H3,(H,33,36)/t26-,27-/m0/s1. The monoisotopic (exact) mass is 514 g/mol. The minimum atomic E-state index is -0.374. The molecule has 8 heteroatoms. The molecule has 0 unspecified atom stereocenters. The van der Waals surface area contributed by atoms with E-state index in [4.69, 9.17) is 10.00 Å². The molecular weight excluding hydrogens is 483 g/mol. The van der Waals surface area contributed by atoms with Gasteiger partial charge in [0.15, 0.2) is 0 Å². The van der Waals surface area contributed by atoms with Gasteiger partial charge in [0.25, 0.3) is 0 Å². The second-order valence-corrected chi connectivity index (χ2v) is 9.34. The molecule has 2 amide bonds. The van der Waals surface area contributed by atoms with Crippen LogP contribution in [-0.2, 0) is 16.1 Å². The number of piperidine rings is 1. The van der Waals surface area contributed by atoms with Crippen LogP contribution in [0.25, 0.3) is 11.1 Å². The highest BCUT2D eigenvalue weighted by atomic mass is 19.1. The molecule has 3 aromatic carbocycles. The number of hydrogen-bond acceptors (Lipinski definition) is 5. The van der Waals surface area contributed by atoms with Gasteiger partial charge in [-0.15, -0.1) is 0 Å². The Morgan fingerprint density at radius 1 is 1.11 bits per heavy atom. The fourth-order valence-electron chi connectivity index (χ4n) is 4.91. The third-order valence-electron chi connectivity index (χ3n) is 6.97. The van der Waals surface area contributed by atoms with Gasteiger partial charge in [0.2, 0.25) is 11.8 Å². The molecule has 0 bridgehead atoms. The van der Waals surface area contributed by atoms with Gasteiger partial charge in [-0.1, -0.05) is 42.5 Å². The van der Waals surface area contributed by atoms with E-state index in [9.17, 15) is 9.59 Å². The zero-order valence-electron chi connectivity index (χ0n) is 21.5. The summed E-state index contributed by atoms with van der Waals surface area (Å²) in [7, 11) is 1.52.